The zero-order chi connectivity index (χ0) is 19.9. The smallest absolute Gasteiger partial charge is 0.318 e. The third kappa shape index (κ3) is 5.10. The van der Waals surface area contributed by atoms with Gasteiger partial charge in [0, 0.05) is 32.4 Å². The number of carbonyl (C=O) groups excluding carboxylic acids is 1. The molecule has 2 amide bonds. The minimum atomic E-state index is -0.255. The normalized spacial score (nSPS) is 15.5. The molecule has 1 saturated heterocycles. The van der Waals surface area contributed by atoms with Crippen molar-refractivity contribution in [1.29, 1.82) is 5.26 Å². The number of nitrogens with one attached hydrogen (secondary N) is 2. The van der Waals surface area contributed by atoms with Gasteiger partial charge >= 0.3 is 6.03 Å². The molecule has 1 aliphatic heterocycles. The molecule has 6 nitrogen and oxygen atoms in total. The summed E-state index contributed by atoms with van der Waals surface area (Å²) in [4.78, 5) is 16.2. The molecule has 0 radical (unpaired) electrons. The Bertz CT molecular complexity index is 856. The van der Waals surface area contributed by atoms with E-state index in [1.54, 1.807) is 7.05 Å². The molecule has 0 spiro atoms. The van der Waals surface area contributed by atoms with Gasteiger partial charge in [-0.3, -0.25) is 4.90 Å². The lowest BCUT2D eigenvalue weighted by atomic mass is 9.97. The van der Waals surface area contributed by atoms with Crippen molar-refractivity contribution >= 4 is 11.7 Å². The van der Waals surface area contributed by atoms with Crippen molar-refractivity contribution in [3.05, 3.63) is 53.6 Å². The maximum Gasteiger partial charge on any atom is 0.318 e. The summed E-state index contributed by atoms with van der Waals surface area (Å²) in [5.41, 5.74) is 4.43. The lowest BCUT2D eigenvalue weighted by Gasteiger charge is -2.20. The Morgan fingerprint density at radius 3 is 2.61 bits per heavy atom. The quantitative estimate of drug-likeness (QED) is 0.859. The number of nitrogens with zero attached hydrogens (tertiary/aromatic N) is 3. The predicted molar refractivity (Wildman–Crippen MR) is 112 cm³/mol. The third-order valence-electron chi connectivity index (χ3n) is 5.10. The molecule has 6 heteroatoms. The second-order valence-corrected chi connectivity index (χ2v) is 7.21. The van der Waals surface area contributed by atoms with E-state index in [4.69, 9.17) is 0 Å². The minimum absolute atomic E-state index is 0.255. The topological polar surface area (TPSA) is 71.4 Å². The van der Waals surface area contributed by atoms with E-state index in [2.05, 4.69) is 39.6 Å². The average Bonchev–Trinajstić information content (AvgIpc) is 2.92. The fourth-order valence-corrected chi connectivity index (χ4v) is 3.48. The summed E-state index contributed by atoms with van der Waals surface area (Å²) in [7, 11) is 3.75. The second-order valence-electron chi connectivity index (χ2n) is 7.21. The predicted octanol–water partition coefficient (Wildman–Crippen LogP) is 3.11. The minimum Gasteiger partial charge on any atom is -0.341 e. The highest BCUT2D eigenvalue weighted by Crippen LogP contribution is 2.26. The molecule has 146 valence electrons. The molecule has 0 bridgehead atoms. The molecule has 3 rings (SSSR count). The van der Waals surface area contributed by atoms with E-state index in [-0.39, 0.29) is 6.03 Å². The molecule has 2 N–H and O–H groups in total. The van der Waals surface area contributed by atoms with E-state index < -0.39 is 0 Å². The first-order valence-electron chi connectivity index (χ1n) is 9.62. The van der Waals surface area contributed by atoms with Crippen LogP contribution in [0.1, 0.15) is 17.5 Å². The summed E-state index contributed by atoms with van der Waals surface area (Å²) in [6.45, 7) is 5.24. The Kier molecular flexibility index (Phi) is 6.64. The Hall–Kier alpha value is -2.88. The van der Waals surface area contributed by atoms with Crippen molar-refractivity contribution in [2.24, 2.45) is 0 Å². The second kappa shape index (κ2) is 9.36. The SMILES string of the molecule is CNC(=O)Nc1ccc(-c2ccc(CN3CCCN(C)CC3)cc2C#N)cc1. The van der Waals surface area contributed by atoms with Crippen molar-refractivity contribution in [2.75, 3.05) is 45.6 Å². The zero-order valence-corrected chi connectivity index (χ0v) is 16.5. The molecule has 0 aliphatic carbocycles. The summed E-state index contributed by atoms with van der Waals surface area (Å²) in [5.74, 6) is 0. The number of carbonyl (C=O) groups is 1. The van der Waals surface area contributed by atoms with Gasteiger partial charge in [-0.2, -0.15) is 5.26 Å². The van der Waals surface area contributed by atoms with Crippen LogP contribution in [0.5, 0.6) is 0 Å². The van der Waals surface area contributed by atoms with E-state index in [1.165, 1.54) is 12.0 Å². The van der Waals surface area contributed by atoms with Crippen LogP contribution < -0.4 is 10.6 Å². The molecule has 2 aromatic rings. The summed E-state index contributed by atoms with van der Waals surface area (Å²) in [5, 5.41) is 14.9. The van der Waals surface area contributed by atoms with Crippen molar-refractivity contribution in [3.63, 3.8) is 0 Å². The highest BCUT2D eigenvalue weighted by atomic mass is 16.2. The lowest BCUT2D eigenvalue weighted by Crippen LogP contribution is -2.28. The van der Waals surface area contributed by atoms with Gasteiger partial charge in [-0.1, -0.05) is 24.3 Å². The van der Waals surface area contributed by atoms with Crippen LogP contribution in [0, 0.1) is 11.3 Å². The fraction of sp³-hybridized carbons (Fsp3) is 0.364. The van der Waals surface area contributed by atoms with E-state index in [0.29, 0.717) is 11.3 Å². The molecular weight excluding hydrogens is 350 g/mol. The van der Waals surface area contributed by atoms with Gasteiger partial charge in [0.05, 0.1) is 11.6 Å². The summed E-state index contributed by atoms with van der Waals surface area (Å²) in [6.07, 6.45) is 1.18. The third-order valence-corrected chi connectivity index (χ3v) is 5.10. The molecular formula is C22H27N5O. The number of hydrogen-bond donors (Lipinski definition) is 2. The molecule has 0 atom stereocenters. The first kappa shape index (κ1) is 19.9. The van der Waals surface area contributed by atoms with Crippen LogP contribution in [0.2, 0.25) is 0 Å². The Morgan fingerprint density at radius 1 is 1.11 bits per heavy atom. The molecule has 0 saturated carbocycles. The number of anilines is 1. The molecule has 1 heterocycles. The van der Waals surface area contributed by atoms with Crippen molar-refractivity contribution < 1.29 is 4.79 Å². The fourth-order valence-electron chi connectivity index (χ4n) is 3.48. The first-order valence-corrected chi connectivity index (χ1v) is 9.62. The van der Waals surface area contributed by atoms with Gasteiger partial charge in [-0.15, -0.1) is 0 Å². The Labute approximate surface area is 166 Å². The number of hydrogen-bond acceptors (Lipinski definition) is 4. The zero-order valence-electron chi connectivity index (χ0n) is 16.5. The molecule has 2 aromatic carbocycles. The van der Waals surface area contributed by atoms with Gasteiger partial charge in [0.15, 0.2) is 0 Å². The molecule has 1 aliphatic rings. The van der Waals surface area contributed by atoms with Crippen LogP contribution >= 0.6 is 0 Å². The van der Waals surface area contributed by atoms with Gasteiger partial charge in [-0.05, 0) is 61.4 Å². The standard InChI is InChI=1S/C22H27N5O/c1-24-22(28)25-20-7-5-18(6-8-20)21-9-4-17(14-19(21)15-23)16-27-11-3-10-26(2)12-13-27/h4-9,14H,3,10-13,16H2,1-2H3,(H2,24,25,28). The van der Waals surface area contributed by atoms with Crippen molar-refractivity contribution in [1.82, 2.24) is 15.1 Å². The van der Waals surface area contributed by atoms with Crippen LogP contribution in [0.3, 0.4) is 0 Å². The monoisotopic (exact) mass is 377 g/mol. The number of rotatable bonds is 4. The van der Waals surface area contributed by atoms with Gasteiger partial charge in [-0.25, -0.2) is 4.79 Å². The van der Waals surface area contributed by atoms with E-state index in [0.717, 1.165) is 43.9 Å². The van der Waals surface area contributed by atoms with Crippen LogP contribution in [0.25, 0.3) is 11.1 Å². The van der Waals surface area contributed by atoms with Crippen molar-refractivity contribution in [3.8, 4) is 17.2 Å². The van der Waals surface area contributed by atoms with E-state index >= 15 is 0 Å². The van der Waals surface area contributed by atoms with E-state index in [1.807, 2.05) is 36.4 Å². The Balaban J connectivity index is 1.74. The van der Waals surface area contributed by atoms with Gasteiger partial charge in [0.25, 0.3) is 0 Å². The maximum atomic E-state index is 11.4. The van der Waals surface area contributed by atoms with Gasteiger partial charge < -0.3 is 15.5 Å². The van der Waals surface area contributed by atoms with E-state index in [9.17, 15) is 10.1 Å². The Morgan fingerprint density at radius 2 is 1.89 bits per heavy atom. The lowest BCUT2D eigenvalue weighted by molar-refractivity contribution is 0.254. The molecule has 1 fully saturated rings. The number of nitriles is 1. The molecule has 28 heavy (non-hydrogen) atoms. The van der Waals surface area contributed by atoms with Gasteiger partial charge in [0.1, 0.15) is 0 Å². The summed E-state index contributed by atoms with van der Waals surface area (Å²) < 4.78 is 0. The number of amides is 2. The maximum absolute atomic E-state index is 11.4. The molecule has 0 aromatic heterocycles. The highest BCUT2D eigenvalue weighted by molar-refractivity contribution is 5.89. The van der Waals surface area contributed by atoms with Crippen LogP contribution in [-0.4, -0.2) is 56.1 Å². The van der Waals surface area contributed by atoms with Crippen molar-refractivity contribution in [2.45, 2.75) is 13.0 Å². The molecule has 0 unspecified atom stereocenters. The summed E-state index contributed by atoms with van der Waals surface area (Å²) >= 11 is 0. The van der Waals surface area contributed by atoms with Crippen LogP contribution in [0.4, 0.5) is 10.5 Å². The number of urea groups is 1. The summed E-state index contributed by atoms with van der Waals surface area (Å²) in [6, 6.07) is 15.8. The first-order chi connectivity index (χ1) is 13.6. The number of benzene rings is 2. The van der Waals surface area contributed by atoms with Gasteiger partial charge in [0.2, 0.25) is 0 Å². The average molecular weight is 377 g/mol. The van der Waals surface area contributed by atoms with Crippen LogP contribution in [-0.2, 0) is 6.54 Å². The van der Waals surface area contributed by atoms with Crippen LogP contribution in [0.15, 0.2) is 42.5 Å². The highest BCUT2D eigenvalue weighted by Gasteiger charge is 2.13. The largest absolute Gasteiger partial charge is 0.341 e. The number of likely N-dealkylation sites (N-methyl/N-ethyl adjacent to an activating group) is 1.